The van der Waals surface area contributed by atoms with Gasteiger partial charge in [-0.1, -0.05) is 12.1 Å². The monoisotopic (exact) mass is 243 g/mol. The molecule has 1 aromatic rings. The van der Waals surface area contributed by atoms with Gasteiger partial charge >= 0.3 is 0 Å². The van der Waals surface area contributed by atoms with Gasteiger partial charge in [0.05, 0.1) is 23.9 Å². The van der Waals surface area contributed by atoms with Crippen molar-refractivity contribution in [3.63, 3.8) is 0 Å². The predicted molar refractivity (Wildman–Crippen MR) is 63.1 cm³/mol. The number of ether oxygens (including phenoxy) is 1. The fourth-order valence-corrected chi connectivity index (χ4v) is 2.51. The van der Waals surface area contributed by atoms with Gasteiger partial charge in [-0.25, -0.2) is 8.42 Å². The zero-order valence-electron chi connectivity index (χ0n) is 9.35. The van der Waals surface area contributed by atoms with E-state index >= 15 is 0 Å². The Morgan fingerprint density at radius 1 is 1.31 bits per heavy atom. The van der Waals surface area contributed by atoms with E-state index in [0.29, 0.717) is 18.0 Å². The molecule has 0 aromatic heterocycles. The standard InChI is InChI=1S/C11H17NO3S/c1-10-3-2-4-11(9-10)16(13,14)8-7-15-6-5-12/h2-4,9H,5-8,12H2,1H3. The van der Waals surface area contributed by atoms with Crippen molar-refractivity contribution in [1.29, 1.82) is 0 Å². The van der Waals surface area contributed by atoms with Gasteiger partial charge in [0.25, 0.3) is 0 Å². The maximum atomic E-state index is 11.8. The molecular weight excluding hydrogens is 226 g/mol. The fraction of sp³-hybridized carbons (Fsp3) is 0.455. The minimum Gasteiger partial charge on any atom is -0.379 e. The lowest BCUT2D eigenvalue weighted by atomic mass is 10.2. The molecule has 4 nitrogen and oxygen atoms in total. The van der Waals surface area contributed by atoms with Gasteiger partial charge in [0.15, 0.2) is 9.84 Å². The molecule has 0 atom stereocenters. The average molecular weight is 243 g/mol. The molecule has 2 N–H and O–H groups in total. The Kier molecular flexibility index (Phi) is 4.92. The predicted octanol–water partition coefficient (Wildman–Crippen LogP) is 0.744. The third-order valence-corrected chi connectivity index (χ3v) is 3.78. The van der Waals surface area contributed by atoms with Crippen molar-refractivity contribution in [2.24, 2.45) is 5.73 Å². The van der Waals surface area contributed by atoms with Crippen LogP contribution in [0.2, 0.25) is 0 Å². The molecule has 16 heavy (non-hydrogen) atoms. The summed E-state index contributed by atoms with van der Waals surface area (Å²) in [6, 6.07) is 6.87. The second-order valence-electron chi connectivity index (χ2n) is 3.54. The first-order valence-corrected chi connectivity index (χ1v) is 6.79. The zero-order chi connectivity index (χ0) is 12.0. The molecule has 0 bridgehead atoms. The van der Waals surface area contributed by atoms with Gasteiger partial charge in [-0.3, -0.25) is 0 Å². The first-order chi connectivity index (χ1) is 7.56. The zero-order valence-corrected chi connectivity index (χ0v) is 10.2. The summed E-state index contributed by atoms with van der Waals surface area (Å²) < 4.78 is 28.7. The Bertz CT molecular complexity index is 429. The van der Waals surface area contributed by atoms with Crippen molar-refractivity contribution >= 4 is 9.84 Å². The summed E-state index contributed by atoms with van der Waals surface area (Å²) in [4.78, 5) is 0.351. The SMILES string of the molecule is Cc1cccc(S(=O)(=O)CCOCCN)c1. The van der Waals surface area contributed by atoms with E-state index in [9.17, 15) is 8.42 Å². The van der Waals surface area contributed by atoms with Gasteiger partial charge in [0, 0.05) is 6.54 Å². The molecule has 0 unspecified atom stereocenters. The Hall–Kier alpha value is -0.910. The van der Waals surface area contributed by atoms with Crippen molar-refractivity contribution in [2.75, 3.05) is 25.5 Å². The van der Waals surface area contributed by atoms with Gasteiger partial charge in [0.2, 0.25) is 0 Å². The third-order valence-electron chi connectivity index (χ3n) is 2.11. The number of hydrogen-bond donors (Lipinski definition) is 1. The number of sulfone groups is 1. The van der Waals surface area contributed by atoms with Crippen LogP contribution in [-0.2, 0) is 14.6 Å². The van der Waals surface area contributed by atoms with Crippen LogP contribution in [0.3, 0.4) is 0 Å². The van der Waals surface area contributed by atoms with Crippen molar-refractivity contribution in [2.45, 2.75) is 11.8 Å². The quantitative estimate of drug-likeness (QED) is 0.748. The lowest BCUT2D eigenvalue weighted by Crippen LogP contribution is -2.16. The molecule has 0 aliphatic carbocycles. The highest BCUT2D eigenvalue weighted by Crippen LogP contribution is 2.12. The molecule has 90 valence electrons. The van der Waals surface area contributed by atoms with Crippen LogP contribution in [0.4, 0.5) is 0 Å². The van der Waals surface area contributed by atoms with Gasteiger partial charge in [-0.15, -0.1) is 0 Å². The molecule has 0 aliphatic rings. The van der Waals surface area contributed by atoms with Crippen LogP contribution >= 0.6 is 0 Å². The molecular formula is C11H17NO3S. The van der Waals surface area contributed by atoms with E-state index in [0.717, 1.165) is 5.56 Å². The van der Waals surface area contributed by atoms with Crippen LogP contribution in [0.5, 0.6) is 0 Å². The first-order valence-electron chi connectivity index (χ1n) is 5.13. The molecule has 0 saturated carbocycles. The van der Waals surface area contributed by atoms with E-state index in [2.05, 4.69) is 0 Å². The maximum absolute atomic E-state index is 11.8. The third kappa shape index (κ3) is 3.92. The van der Waals surface area contributed by atoms with Crippen molar-refractivity contribution in [1.82, 2.24) is 0 Å². The summed E-state index contributed by atoms with van der Waals surface area (Å²) in [6.45, 7) is 2.85. The molecule has 1 aromatic carbocycles. The molecule has 0 spiro atoms. The first kappa shape index (κ1) is 13.2. The van der Waals surface area contributed by atoms with Crippen LogP contribution < -0.4 is 5.73 Å². The van der Waals surface area contributed by atoms with Crippen LogP contribution in [0.25, 0.3) is 0 Å². The maximum Gasteiger partial charge on any atom is 0.180 e. The number of hydrogen-bond acceptors (Lipinski definition) is 4. The highest BCUT2D eigenvalue weighted by Gasteiger charge is 2.13. The highest BCUT2D eigenvalue weighted by atomic mass is 32.2. The number of rotatable bonds is 6. The van der Waals surface area contributed by atoms with Crippen LogP contribution in [0.1, 0.15) is 5.56 Å². The summed E-state index contributed by atoms with van der Waals surface area (Å²) in [6.07, 6.45) is 0. The smallest absolute Gasteiger partial charge is 0.180 e. The minimum atomic E-state index is -3.23. The number of nitrogens with two attached hydrogens (primary N) is 1. The average Bonchev–Trinajstić information content (AvgIpc) is 2.24. The summed E-state index contributed by atoms with van der Waals surface area (Å²) in [7, 11) is -3.23. The van der Waals surface area contributed by atoms with E-state index < -0.39 is 9.84 Å². The summed E-state index contributed by atoms with van der Waals surface area (Å²) in [5, 5.41) is 0. The lowest BCUT2D eigenvalue weighted by Gasteiger charge is -2.05. The molecule has 1 rings (SSSR count). The molecule has 0 radical (unpaired) electrons. The summed E-state index contributed by atoms with van der Waals surface area (Å²) in [5.74, 6) is -0.00352. The van der Waals surface area contributed by atoms with Gasteiger partial charge in [-0.05, 0) is 24.6 Å². The molecule has 0 saturated heterocycles. The van der Waals surface area contributed by atoms with Crippen molar-refractivity contribution in [3.8, 4) is 0 Å². The molecule has 0 aliphatic heterocycles. The minimum absolute atomic E-state index is 0.00352. The topological polar surface area (TPSA) is 69.4 Å². The molecule has 0 fully saturated rings. The Balaban J connectivity index is 2.64. The molecule has 5 heteroatoms. The number of benzene rings is 1. The molecule has 0 heterocycles. The van der Waals surface area contributed by atoms with Crippen LogP contribution in [0.15, 0.2) is 29.2 Å². The van der Waals surface area contributed by atoms with E-state index in [1.807, 2.05) is 13.0 Å². The van der Waals surface area contributed by atoms with Crippen LogP contribution in [0, 0.1) is 6.92 Å². The van der Waals surface area contributed by atoms with E-state index in [1.165, 1.54) is 0 Å². The van der Waals surface area contributed by atoms with Gasteiger partial charge < -0.3 is 10.5 Å². The van der Waals surface area contributed by atoms with Crippen LogP contribution in [-0.4, -0.2) is 33.9 Å². The Morgan fingerprint density at radius 2 is 2.06 bits per heavy atom. The van der Waals surface area contributed by atoms with E-state index in [4.69, 9.17) is 10.5 Å². The largest absolute Gasteiger partial charge is 0.379 e. The Labute approximate surface area is 96.3 Å². The second-order valence-corrected chi connectivity index (χ2v) is 5.65. The lowest BCUT2D eigenvalue weighted by molar-refractivity contribution is 0.157. The van der Waals surface area contributed by atoms with Crippen molar-refractivity contribution < 1.29 is 13.2 Å². The van der Waals surface area contributed by atoms with E-state index in [1.54, 1.807) is 18.2 Å². The normalized spacial score (nSPS) is 11.6. The highest BCUT2D eigenvalue weighted by molar-refractivity contribution is 7.91. The summed E-state index contributed by atoms with van der Waals surface area (Å²) in [5.41, 5.74) is 6.17. The van der Waals surface area contributed by atoms with E-state index in [-0.39, 0.29) is 12.4 Å². The summed E-state index contributed by atoms with van der Waals surface area (Å²) >= 11 is 0. The molecule has 0 amide bonds. The number of aryl methyl sites for hydroxylation is 1. The fourth-order valence-electron chi connectivity index (χ4n) is 1.28. The van der Waals surface area contributed by atoms with Crippen molar-refractivity contribution in [3.05, 3.63) is 29.8 Å². The Morgan fingerprint density at radius 3 is 2.69 bits per heavy atom. The van der Waals surface area contributed by atoms with Gasteiger partial charge in [-0.2, -0.15) is 0 Å². The van der Waals surface area contributed by atoms with Gasteiger partial charge in [0.1, 0.15) is 0 Å². The second kappa shape index (κ2) is 5.98.